The first-order valence-corrected chi connectivity index (χ1v) is 10.4. The Morgan fingerprint density at radius 2 is 2.08 bits per heavy atom. The van der Waals surface area contributed by atoms with Crippen LogP contribution in [0.4, 0.5) is 9.93 Å². The van der Waals surface area contributed by atoms with Crippen LogP contribution in [-0.4, -0.2) is 53.0 Å². The Morgan fingerprint density at radius 1 is 1.27 bits per heavy atom. The van der Waals surface area contributed by atoms with Crippen LogP contribution in [0.3, 0.4) is 0 Å². The average Bonchev–Trinajstić information content (AvgIpc) is 3.38. The number of aromatic nitrogens is 1. The molecule has 4 rings (SSSR count). The van der Waals surface area contributed by atoms with E-state index >= 15 is 0 Å². The van der Waals surface area contributed by atoms with Gasteiger partial charge in [0.05, 0.1) is 0 Å². The quantitative estimate of drug-likeness (QED) is 0.855. The van der Waals surface area contributed by atoms with Crippen molar-refractivity contribution in [2.45, 2.75) is 31.7 Å². The standard InChI is InChI=1S/C19H23ClN4OS/c20-17-6-2-1-5-14(17)11-16-12-21-18(26-16)22-19(25)24-10-7-15(13-24)23-8-3-4-9-23/h1-2,5-6,12,15H,3-4,7-11,13H2,(H,21,22,25). The Kier molecular flexibility index (Phi) is 5.43. The topological polar surface area (TPSA) is 48.5 Å². The van der Waals surface area contributed by atoms with Crippen LogP contribution in [0.25, 0.3) is 0 Å². The Bertz CT molecular complexity index is 774. The van der Waals surface area contributed by atoms with Crippen molar-refractivity contribution < 1.29 is 4.79 Å². The van der Waals surface area contributed by atoms with Gasteiger partial charge in [-0.25, -0.2) is 9.78 Å². The highest BCUT2D eigenvalue weighted by molar-refractivity contribution is 7.15. The molecular weight excluding hydrogens is 368 g/mol. The van der Waals surface area contributed by atoms with E-state index in [0.29, 0.717) is 11.2 Å². The fraction of sp³-hybridized carbons (Fsp3) is 0.474. The number of hydrogen-bond donors (Lipinski definition) is 1. The van der Waals surface area contributed by atoms with Crippen molar-refractivity contribution >= 4 is 34.1 Å². The average molecular weight is 391 g/mol. The molecule has 1 aromatic carbocycles. The molecule has 0 saturated carbocycles. The van der Waals surface area contributed by atoms with Crippen molar-refractivity contribution in [3.8, 4) is 0 Å². The monoisotopic (exact) mass is 390 g/mol. The van der Waals surface area contributed by atoms with Crippen LogP contribution < -0.4 is 5.32 Å². The van der Waals surface area contributed by atoms with Crippen LogP contribution in [-0.2, 0) is 6.42 Å². The molecule has 1 aromatic heterocycles. The first-order chi connectivity index (χ1) is 12.7. The predicted molar refractivity (Wildman–Crippen MR) is 106 cm³/mol. The minimum Gasteiger partial charge on any atom is -0.323 e. The lowest BCUT2D eigenvalue weighted by molar-refractivity contribution is 0.210. The van der Waals surface area contributed by atoms with Gasteiger partial charge < -0.3 is 4.90 Å². The summed E-state index contributed by atoms with van der Waals surface area (Å²) in [4.78, 5) is 22.4. The van der Waals surface area contributed by atoms with Gasteiger partial charge in [0.15, 0.2) is 5.13 Å². The van der Waals surface area contributed by atoms with E-state index in [2.05, 4.69) is 15.2 Å². The van der Waals surface area contributed by atoms with Gasteiger partial charge in [0.25, 0.3) is 0 Å². The smallest absolute Gasteiger partial charge is 0.323 e. The maximum atomic E-state index is 12.5. The van der Waals surface area contributed by atoms with E-state index in [1.165, 1.54) is 37.3 Å². The van der Waals surface area contributed by atoms with Gasteiger partial charge in [-0.2, -0.15) is 0 Å². The zero-order valence-corrected chi connectivity index (χ0v) is 16.2. The fourth-order valence-electron chi connectivity index (χ4n) is 3.78. The van der Waals surface area contributed by atoms with E-state index in [1.54, 1.807) is 0 Å². The maximum Gasteiger partial charge on any atom is 0.323 e. The van der Waals surface area contributed by atoms with Gasteiger partial charge in [-0.1, -0.05) is 29.8 Å². The summed E-state index contributed by atoms with van der Waals surface area (Å²) in [6, 6.07) is 8.30. The number of rotatable bonds is 4. The molecule has 2 amide bonds. The molecule has 1 N–H and O–H groups in total. The number of halogens is 1. The molecule has 1 unspecified atom stereocenters. The molecule has 3 heterocycles. The molecule has 26 heavy (non-hydrogen) atoms. The number of carbonyl (C=O) groups excluding carboxylic acids is 1. The molecule has 1 atom stereocenters. The van der Waals surface area contributed by atoms with Crippen molar-refractivity contribution in [1.82, 2.24) is 14.8 Å². The number of thiazole rings is 1. The van der Waals surface area contributed by atoms with Gasteiger partial charge in [-0.3, -0.25) is 10.2 Å². The second-order valence-corrected chi connectivity index (χ2v) is 8.48. The van der Waals surface area contributed by atoms with Gasteiger partial charge in [-0.05, 0) is 44.0 Å². The molecule has 0 aliphatic carbocycles. The number of amides is 2. The molecule has 2 saturated heterocycles. The molecule has 0 spiro atoms. The van der Waals surface area contributed by atoms with E-state index in [9.17, 15) is 4.79 Å². The van der Waals surface area contributed by atoms with Crippen molar-refractivity contribution in [2.24, 2.45) is 0 Å². The van der Waals surface area contributed by atoms with Crippen molar-refractivity contribution in [3.05, 3.63) is 45.9 Å². The minimum absolute atomic E-state index is 0.0367. The van der Waals surface area contributed by atoms with E-state index < -0.39 is 0 Å². The Balaban J connectivity index is 1.32. The van der Waals surface area contributed by atoms with Gasteiger partial charge in [0.2, 0.25) is 0 Å². The fourth-order valence-corrected chi connectivity index (χ4v) is 4.81. The number of urea groups is 1. The third-order valence-electron chi connectivity index (χ3n) is 5.20. The van der Waals surface area contributed by atoms with Crippen LogP contribution in [0.1, 0.15) is 29.7 Å². The first-order valence-electron chi connectivity index (χ1n) is 9.17. The molecule has 2 aliphatic rings. The number of nitrogens with zero attached hydrogens (tertiary/aromatic N) is 3. The molecule has 2 fully saturated rings. The SMILES string of the molecule is O=C(Nc1ncc(Cc2ccccc2Cl)s1)N1CCC(N2CCCC2)C1. The molecule has 0 radical (unpaired) electrons. The van der Waals surface area contributed by atoms with Crippen molar-refractivity contribution in [2.75, 3.05) is 31.5 Å². The van der Waals surface area contributed by atoms with Gasteiger partial charge in [0.1, 0.15) is 0 Å². The largest absolute Gasteiger partial charge is 0.323 e. The summed E-state index contributed by atoms with van der Waals surface area (Å²) in [6.45, 7) is 4.00. The highest BCUT2D eigenvalue weighted by Crippen LogP contribution is 2.26. The molecule has 7 heteroatoms. The number of anilines is 1. The summed E-state index contributed by atoms with van der Waals surface area (Å²) in [6.07, 6.45) is 6.20. The summed E-state index contributed by atoms with van der Waals surface area (Å²) in [5.41, 5.74) is 1.07. The number of benzene rings is 1. The second kappa shape index (κ2) is 7.94. The van der Waals surface area contributed by atoms with E-state index in [0.717, 1.165) is 41.4 Å². The highest BCUT2D eigenvalue weighted by atomic mass is 35.5. The zero-order chi connectivity index (χ0) is 17.9. The summed E-state index contributed by atoms with van der Waals surface area (Å²) in [7, 11) is 0. The predicted octanol–water partition coefficient (Wildman–Crippen LogP) is 4.09. The molecule has 2 aliphatic heterocycles. The van der Waals surface area contributed by atoms with Crippen LogP contribution >= 0.6 is 22.9 Å². The maximum absolute atomic E-state index is 12.5. The first kappa shape index (κ1) is 17.8. The Labute approximate surface area is 163 Å². The normalized spacial score (nSPS) is 20.7. The summed E-state index contributed by atoms with van der Waals surface area (Å²) >= 11 is 7.73. The van der Waals surface area contributed by atoms with Crippen LogP contribution in [0, 0.1) is 0 Å². The van der Waals surface area contributed by atoms with Crippen LogP contribution in [0.2, 0.25) is 5.02 Å². The Hall–Kier alpha value is -1.63. The molecule has 2 aromatic rings. The number of carbonyl (C=O) groups is 1. The Morgan fingerprint density at radius 3 is 2.88 bits per heavy atom. The van der Waals surface area contributed by atoms with Gasteiger partial charge >= 0.3 is 6.03 Å². The lowest BCUT2D eigenvalue weighted by Crippen LogP contribution is -2.38. The second-order valence-electron chi connectivity index (χ2n) is 6.96. The minimum atomic E-state index is -0.0367. The van der Waals surface area contributed by atoms with E-state index in [4.69, 9.17) is 11.6 Å². The van der Waals surface area contributed by atoms with Gasteiger partial charge in [0, 0.05) is 41.6 Å². The number of nitrogens with one attached hydrogen (secondary N) is 1. The van der Waals surface area contributed by atoms with Crippen LogP contribution in [0.5, 0.6) is 0 Å². The number of likely N-dealkylation sites (tertiary alicyclic amines) is 2. The molecule has 0 bridgehead atoms. The van der Waals surface area contributed by atoms with Crippen molar-refractivity contribution in [3.63, 3.8) is 0 Å². The third kappa shape index (κ3) is 4.03. The summed E-state index contributed by atoms with van der Waals surface area (Å²) < 4.78 is 0. The van der Waals surface area contributed by atoms with Crippen molar-refractivity contribution in [1.29, 1.82) is 0 Å². The van der Waals surface area contributed by atoms with Crippen LogP contribution in [0.15, 0.2) is 30.5 Å². The molecule has 5 nitrogen and oxygen atoms in total. The van der Waals surface area contributed by atoms with E-state index in [-0.39, 0.29) is 6.03 Å². The lowest BCUT2D eigenvalue weighted by atomic mass is 10.1. The third-order valence-corrected chi connectivity index (χ3v) is 6.48. The summed E-state index contributed by atoms with van der Waals surface area (Å²) in [5, 5.41) is 4.37. The van der Waals surface area contributed by atoms with Gasteiger partial charge in [-0.15, -0.1) is 11.3 Å². The highest BCUT2D eigenvalue weighted by Gasteiger charge is 2.31. The van der Waals surface area contributed by atoms with E-state index in [1.807, 2.05) is 35.4 Å². The molecule has 138 valence electrons. The lowest BCUT2D eigenvalue weighted by Gasteiger charge is -2.23. The number of hydrogen-bond acceptors (Lipinski definition) is 4. The molecular formula is C19H23ClN4OS. The zero-order valence-electron chi connectivity index (χ0n) is 14.7. The summed E-state index contributed by atoms with van der Waals surface area (Å²) in [5.74, 6) is 0.